The van der Waals surface area contributed by atoms with Crippen LogP contribution in [0.5, 0.6) is 11.6 Å². The number of rotatable bonds is 5. The lowest BCUT2D eigenvalue weighted by atomic mass is 9.92. The Labute approximate surface area is 174 Å². The number of hydrogen-bond acceptors (Lipinski definition) is 4. The van der Waals surface area contributed by atoms with Crippen LogP contribution in [0.2, 0.25) is 0 Å². The molecule has 29 heavy (non-hydrogen) atoms. The van der Waals surface area contributed by atoms with Gasteiger partial charge in [0, 0.05) is 22.8 Å². The molecule has 0 bridgehead atoms. The van der Waals surface area contributed by atoms with Crippen molar-refractivity contribution in [2.24, 2.45) is 0 Å². The van der Waals surface area contributed by atoms with Crippen molar-refractivity contribution in [3.05, 3.63) is 52.1 Å². The van der Waals surface area contributed by atoms with E-state index >= 15 is 0 Å². The maximum absolute atomic E-state index is 12.6. The SMILES string of the molecule is COc1ccc(Br)c(C(=O)NC2CCC(Oc3ccc(C(F)(F)F)cn3)CC2)c1. The first-order valence-corrected chi connectivity index (χ1v) is 9.90. The maximum atomic E-state index is 12.6. The molecule has 0 radical (unpaired) electrons. The van der Waals surface area contributed by atoms with E-state index in [1.807, 2.05) is 0 Å². The third kappa shape index (κ3) is 5.62. The van der Waals surface area contributed by atoms with Gasteiger partial charge in [0.2, 0.25) is 5.88 Å². The van der Waals surface area contributed by atoms with Gasteiger partial charge in [-0.05, 0) is 65.9 Å². The molecule has 5 nitrogen and oxygen atoms in total. The molecule has 0 unspecified atom stereocenters. The summed E-state index contributed by atoms with van der Waals surface area (Å²) in [5, 5.41) is 3.02. The average Bonchev–Trinajstić information content (AvgIpc) is 2.69. The third-order valence-electron chi connectivity index (χ3n) is 4.78. The van der Waals surface area contributed by atoms with E-state index in [-0.39, 0.29) is 23.9 Å². The second-order valence-electron chi connectivity index (χ2n) is 6.79. The number of methoxy groups -OCH3 is 1. The molecule has 1 saturated carbocycles. The van der Waals surface area contributed by atoms with Gasteiger partial charge in [-0.15, -0.1) is 0 Å². The number of amides is 1. The van der Waals surface area contributed by atoms with Crippen LogP contribution < -0.4 is 14.8 Å². The van der Waals surface area contributed by atoms with Gasteiger partial charge in [-0.25, -0.2) is 4.98 Å². The summed E-state index contributed by atoms with van der Waals surface area (Å²) in [5.74, 6) is 0.579. The first-order valence-electron chi connectivity index (χ1n) is 9.10. The molecule has 1 fully saturated rings. The van der Waals surface area contributed by atoms with Crippen LogP contribution in [0.1, 0.15) is 41.6 Å². The number of benzene rings is 1. The zero-order valence-electron chi connectivity index (χ0n) is 15.6. The van der Waals surface area contributed by atoms with Gasteiger partial charge in [-0.1, -0.05) is 0 Å². The molecule has 1 N–H and O–H groups in total. The standard InChI is InChI=1S/C20H20BrF3N2O3/c1-28-15-7-8-17(21)16(10-15)19(27)26-13-3-5-14(6-4-13)29-18-9-2-12(11-25-18)20(22,23)24/h2,7-11,13-14H,3-6H2,1H3,(H,26,27). The summed E-state index contributed by atoms with van der Waals surface area (Å²) in [6, 6.07) is 7.39. The molecule has 156 valence electrons. The summed E-state index contributed by atoms with van der Waals surface area (Å²) < 4.78 is 49.3. The lowest BCUT2D eigenvalue weighted by Crippen LogP contribution is -2.39. The number of alkyl halides is 3. The second-order valence-corrected chi connectivity index (χ2v) is 7.65. The van der Waals surface area contributed by atoms with Crippen molar-refractivity contribution >= 4 is 21.8 Å². The van der Waals surface area contributed by atoms with Crippen molar-refractivity contribution in [3.8, 4) is 11.6 Å². The molecule has 1 aromatic heterocycles. The number of ether oxygens (including phenoxy) is 2. The molecule has 1 aliphatic rings. The fourth-order valence-electron chi connectivity index (χ4n) is 3.18. The fraction of sp³-hybridized carbons (Fsp3) is 0.400. The Morgan fingerprint density at radius 2 is 1.90 bits per heavy atom. The molecule has 3 rings (SSSR count). The first-order chi connectivity index (χ1) is 13.8. The summed E-state index contributed by atoms with van der Waals surface area (Å²) in [7, 11) is 1.54. The van der Waals surface area contributed by atoms with Crippen LogP contribution in [0.15, 0.2) is 41.0 Å². The molecule has 1 aliphatic carbocycles. The highest BCUT2D eigenvalue weighted by atomic mass is 79.9. The maximum Gasteiger partial charge on any atom is 0.417 e. The van der Waals surface area contributed by atoms with Crippen LogP contribution in [-0.4, -0.2) is 30.1 Å². The summed E-state index contributed by atoms with van der Waals surface area (Å²) in [5.41, 5.74) is -0.309. The molecule has 0 aliphatic heterocycles. The molecule has 2 aromatic rings. The van der Waals surface area contributed by atoms with Gasteiger partial charge >= 0.3 is 6.18 Å². The zero-order valence-corrected chi connectivity index (χ0v) is 17.2. The van der Waals surface area contributed by atoms with Gasteiger partial charge in [0.25, 0.3) is 5.91 Å². The number of carbonyl (C=O) groups excluding carboxylic acids is 1. The fourth-order valence-corrected chi connectivity index (χ4v) is 3.61. The highest BCUT2D eigenvalue weighted by Gasteiger charge is 2.31. The van der Waals surface area contributed by atoms with Crippen LogP contribution in [0, 0.1) is 0 Å². The second kappa shape index (κ2) is 9.02. The minimum absolute atomic E-state index is 0.000940. The van der Waals surface area contributed by atoms with Crippen LogP contribution in [0.3, 0.4) is 0 Å². The van der Waals surface area contributed by atoms with Gasteiger partial charge < -0.3 is 14.8 Å². The van der Waals surface area contributed by atoms with Crippen LogP contribution in [0.25, 0.3) is 0 Å². The quantitative estimate of drug-likeness (QED) is 0.665. The topological polar surface area (TPSA) is 60.5 Å². The van der Waals surface area contributed by atoms with Crippen molar-refractivity contribution in [3.63, 3.8) is 0 Å². The third-order valence-corrected chi connectivity index (χ3v) is 5.47. The lowest BCUT2D eigenvalue weighted by molar-refractivity contribution is -0.137. The zero-order chi connectivity index (χ0) is 21.0. The van der Waals surface area contributed by atoms with Crippen molar-refractivity contribution in [2.75, 3.05) is 7.11 Å². The Morgan fingerprint density at radius 1 is 1.17 bits per heavy atom. The van der Waals surface area contributed by atoms with Crippen LogP contribution in [0.4, 0.5) is 13.2 Å². The van der Waals surface area contributed by atoms with Crippen LogP contribution >= 0.6 is 15.9 Å². The predicted octanol–water partition coefficient (Wildman–Crippen LogP) is 4.99. The largest absolute Gasteiger partial charge is 0.497 e. The predicted molar refractivity (Wildman–Crippen MR) is 104 cm³/mol. The van der Waals surface area contributed by atoms with Gasteiger partial charge in [-0.2, -0.15) is 13.2 Å². The van der Waals surface area contributed by atoms with E-state index in [1.54, 1.807) is 18.2 Å². The highest BCUT2D eigenvalue weighted by molar-refractivity contribution is 9.10. The van der Waals surface area contributed by atoms with E-state index in [0.717, 1.165) is 12.3 Å². The smallest absolute Gasteiger partial charge is 0.417 e. The molecule has 9 heteroatoms. The van der Waals surface area contributed by atoms with E-state index in [1.165, 1.54) is 13.2 Å². The summed E-state index contributed by atoms with van der Waals surface area (Å²) >= 11 is 3.38. The number of nitrogens with one attached hydrogen (secondary N) is 1. The van der Waals surface area contributed by atoms with E-state index in [4.69, 9.17) is 9.47 Å². The van der Waals surface area contributed by atoms with Crippen molar-refractivity contribution in [1.82, 2.24) is 10.3 Å². The van der Waals surface area contributed by atoms with Crippen molar-refractivity contribution < 1.29 is 27.4 Å². The Kier molecular flexibility index (Phi) is 6.66. The minimum atomic E-state index is -4.42. The van der Waals surface area contributed by atoms with Crippen LogP contribution in [-0.2, 0) is 6.18 Å². The molecule has 0 atom stereocenters. The highest BCUT2D eigenvalue weighted by Crippen LogP contribution is 2.30. The molecule has 1 aromatic carbocycles. The number of halogens is 4. The van der Waals surface area contributed by atoms with Gasteiger partial charge in [0.05, 0.1) is 18.2 Å². The summed E-state index contributed by atoms with van der Waals surface area (Å²) in [6.07, 6.45) is -1.03. The summed E-state index contributed by atoms with van der Waals surface area (Å²) in [4.78, 5) is 16.3. The van der Waals surface area contributed by atoms with E-state index < -0.39 is 11.7 Å². The molecule has 1 heterocycles. The number of pyridine rings is 1. The van der Waals surface area contributed by atoms with Gasteiger partial charge in [-0.3, -0.25) is 4.79 Å². The van der Waals surface area contributed by atoms with E-state index in [2.05, 4.69) is 26.2 Å². The minimum Gasteiger partial charge on any atom is -0.497 e. The average molecular weight is 473 g/mol. The molecular formula is C20H20BrF3N2O3. The van der Waals surface area contributed by atoms with Gasteiger partial charge in [0.1, 0.15) is 11.9 Å². The number of nitrogens with zero attached hydrogens (tertiary/aromatic N) is 1. The normalized spacial score (nSPS) is 19.5. The van der Waals surface area contributed by atoms with Crippen molar-refractivity contribution in [2.45, 2.75) is 44.0 Å². The van der Waals surface area contributed by atoms with Crippen molar-refractivity contribution in [1.29, 1.82) is 0 Å². The lowest BCUT2D eigenvalue weighted by Gasteiger charge is -2.29. The van der Waals surface area contributed by atoms with E-state index in [9.17, 15) is 18.0 Å². The molecular weight excluding hydrogens is 453 g/mol. The van der Waals surface area contributed by atoms with Gasteiger partial charge in [0.15, 0.2) is 0 Å². The first kappa shape index (κ1) is 21.4. The Morgan fingerprint density at radius 3 is 2.48 bits per heavy atom. The number of aromatic nitrogens is 1. The molecule has 0 spiro atoms. The Hall–Kier alpha value is -2.29. The number of carbonyl (C=O) groups is 1. The summed E-state index contributed by atoms with van der Waals surface area (Å²) in [6.45, 7) is 0. The Bertz CT molecular complexity index is 851. The number of hydrogen-bond donors (Lipinski definition) is 1. The Balaban J connectivity index is 1.51. The monoisotopic (exact) mass is 472 g/mol. The van der Waals surface area contributed by atoms with E-state index in [0.29, 0.717) is 41.5 Å². The molecule has 1 amide bonds. The molecule has 0 saturated heterocycles.